The predicted molar refractivity (Wildman–Crippen MR) is 62.9 cm³/mol. The maximum atomic E-state index is 9.35. The van der Waals surface area contributed by atoms with E-state index in [4.69, 9.17) is 17.3 Å². The van der Waals surface area contributed by atoms with E-state index in [1.807, 2.05) is 13.0 Å². The molecular weight excluding hydrogens is 218 g/mol. The van der Waals surface area contributed by atoms with Gasteiger partial charge in [-0.1, -0.05) is 18.5 Å². The van der Waals surface area contributed by atoms with Crippen molar-refractivity contribution in [3.63, 3.8) is 0 Å². The first-order chi connectivity index (χ1) is 6.50. The van der Waals surface area contributed by atoms with Crippen LogP contribution in [0.3, 0.4) is 0 Å². The fraction of sp³-hybridized carbons (Fsp3) is 0.400. The lowest BCUT2D eigenvalue weighted by molar-refractivity contribution is 0.196. The summed E-state index contributed by atoms with van der Waals surface area (Å²) in [6, 6.07) is 5.36. The molecular formula is C10H14ClNOS. The van der Waals surface area contributed by atoms with Crippen molar-refractivity contribution in [2.75, 3.05) is 5.73 Å². The number of aliphatic hydroxyl groups is 1. The summed E-state index contributed by atoms with van der Waals surface area (Å²) in [6.45, 7) is 3.72. The minimum absolute atomic E-state index is 0.106. The molecule has 0 aliphatic rings. The van der Waals surface area contributed by atoms with Crippen LogP contribution in [0.25, 0.3) is 0 Å². The normalized spacial score (nSPS) is 15.1. The van der Waals surface area contributed by atoms with Gasteiger partial charge in [0.25, 0.3) is 0 Å². The first kappa shape index (κ1) is 11.7. The highest BCUT2D eigenvalue weighted by Crippen LogP contribution is 2.32. The van der Waals surface area contributed by atoms with E-state index in [1.165, 1.54) is 11.8 Å². The van der Waals surface area contributed by atoms with Crippen molar-refractivity contribution in [2.45, 2.75) is 30.1 Å². The first-order valence-electron chi connectivity index (χ1n) is 4.40. The Morgan fingerprint density at radius 2 is 2.07 bits per heavy atom. The average Bonchev–Trinajstić information content (AvgIpc) is 2.11. The van der Waals surface area contributed by atoms with Crippen LogP contribution in [0.1, 0.15) is 13.8 Å². The van der Waals surface area contributed by atoms with Gasteiger partial charge in [0, 0.05) is 15.8 Å². The number of anilines is 1. The smallest absolute Gasteiger partial charge is 0.0631 e. The summed E-state index contributed by atoms with van der Waals surface area (Å²) < 4.78 is 0. The maximum Gasteiger partial charge on any atom is 0.0631 e. The molecule has 0 radical (unpaired) electrons. The number of aliphatic hydroxyl groups excluding tert-OH is 1. The van der Waals surface area contributed by atoms with E-state index in [-0.39, 0.29) is 11.4 Å². The third kappa shape index (κ3) is 3.08. The Morgan fingerprint density at radius 1 is 1.43 bits per heavy atom. The zero-order chi connectivity index (χ0) is 10.7. The molecule has 0 aliphatic heterocycles. The summed E-state index contributed by atoms with van der Waals surface area (Å²) in [5.74, 6) is 0. The molecule has 0 aliphatic carbocycles. The van der Waals surface area contributed by atoms with Gasteiger partial charge in [0.2, 0.25) is 0 Å². The lowest BCUT2D eigenvalue weighted by atomic mass is 10.3. The van der Waals surface area contributed by atoms with Gasteiger partial charge < -0.3 is 10.8 Å². The fourth-order valence-electron chi connectivity index (χ4n) is 0.909. The minimum Gasteiger partial charge on any atom is -0.399 e. The van der Waals surface area contributed by atoms with Crippen molar-refractivity contribution in [1.29, 1.82) is 0 Å². The molecule has 0 saturated carbocycles. The van der Waals surface area contributed by atoms with Crippen molar-refractivity contribution in [3.05, 3.63) is 23.2 Å². The Balaban J connectivity index is 2.80. The summed E-state index contributed by atoms with van der Waals surface area (Å²) in [7, 11) is 0. The molecule has 0 bridgehead atoms. The number of rotatable bonds is 3. The van der Waals surface area contributed by atoms with Gasteiger partial charge in [-0.25, -0.2) is 0 Å². The van der Waals surface area contributed by atoms with Crippen LogP contribution in [0.2, 0.25) is 5.02 Å². The Labute approximate surface area is 93.5 Å². The molecule has 78 valence electrons. The van der Waals surface area contributed by atoms with Crippen LogP contribution < -0.4 is 5.73 Å². The van der Waals surface area contributed by atoms with Crippen LogP contribution in [0.15, 0.2) is 23.1 Å². The molecule has 0 spiro atoms. The number of halogens is 1. The molecule has 1 rings (SSSR count). The first-order valence-corrected chi connectivity index (χ1v) is 5.66. The molecule has 2 atom stereocenters. The zero-order valence-corrected chi connectivity index (χ0v) is 9.77. The second-order valence-corrected chi connectivity index (χ2v) is 5.08. The molecule has 2 unspecified atom stereocenters. The highest BCUT2D eigenvalue weighted by molar-refractivity contribution is 8.00. The number of thioether (sulfide) groups is 1. The van der Waals surface area contributed by atoms with Gasteiger partial charge in [-0.3, -0.25) is 0 Å². The Bertz CT molecular complexity index is 317. The van der Waals surface area contributed by atoms with Crippen LogP contribution in [-0.2, 0) is 0 Å². The zero-order valence-electron chi connectivity index (χ0n) is 8.20. The summed E-state index contributed by atoms with van der Waals surface area (Å²) in [4.78, 5) is 0.917. The molecule has 14 heavy (non-hydrogen) atoms. The average molecular weight is 232 g/mol. The molecule has 4 heteroatoms. The van der Waals surface area contributed by atoms with Crippen molar-refractivity contribution in [1.82, 2.24) is 0 Å². The molecule has 0 aromatic heterocycles. The van der Waals surface area contributed by atoms with Crippen LogP contribution >= 0.6 is 23.4 Å². The number of benzene rings is 1. The van der Waals surface area contributed by atoms with E-state index in [9.17, 15) is 5.11 Å². The van der Waals surface area contributed by atoms with Gasteiger partial charge >= 0.3 is 0 Å². The highest BCUT2D eigenvalue weighted by atomic mass is 35.5. The maximum absolute atomic E-state index is 9.35. The van der Waals surface area contributed by atoms with Crippen molar-refractivity contribution in [2.24, 2.45) is 0 Å². The predicted octanol–water partition coefficient (Wildman–Crippen LogP) is 2.78. The quantitative estimate of drug-likeness (QED) is 0.621. The summed E-state index contributed by atoms with van der Waals surface area (Å²) in [6.07, 6.45) is -0.363. The van der Waals surface area contributed by atoms with E-state index in [0.29, 0.717) is 10.7 Å². The monoisotopic (exact) mass is 231 g/mol. The fourth-order valence-corrected chi connectivity index (χ4v) is 2.14. The van der Waals surface area contributed by atoms with Gasteiger partial charge in [-0.2, -0.15) is 0 Å². The second kappa shape index (κ2) is 4.91. The van der Waals surface area contributed by atoms with Gasteiger partial charge in [0.1, 0.15) is 0 Å². The Hall–Kier alpha value is -0.380. The number of hydrogen-bond donors (Lipinski definition) is 2. The molecule has 1 aromatic carbocycles. The third-order valence-electron chi connectivity index (χ3n) is 1.95. The van der Waals surface area contributed by atoms with Crippen LogP contribution in [-0.4, -0.2) is 16.5 Å². The topological polar surface area (TPSA) is 46.2 Å². The van der Waals surface area contributed by atoms with E-state index in [0.717, 1.165) is 4.90 Å². The molecule has 0 fully saturated rings. The number of hydrogen-bond acceptors (Lipinski definition) is 3. The minimum atomic E-state index is -0.363. The summed E-state index contributed by atoms with van der Waals surface area (Å²) >= 11 is 7.52. The van der Waals surface area contributed by atoms with Gasteiger partial charge in [-0.15, -0.1) is 11.8 Å². The largest absolute Gasteiger partial charge is 0.399 e. The van der Waals surface area contributed by atoms with Gasteiger partial charge in [-0.05, 0) is 25.1 Å². The van der Waals surface area contributed by atoms with E-state index in [2.05, 4.69) is 0 Å². The second-order valence-electron chi connectivity index (χ2n) is 3.25. The Morgan fingerprint density at radius 3 is 2.64 bits per heavy atom. The lowest BCUT2D eigenvalue weighted by Crippen LogP contribution is -2.14. The van der Waals surface area contributed by atoms with Crippen molar-refractivity contribution < 1.29 is 5.11 Å². The summed E-state index contributed by atoms with van der Waals surface area (Å²) in [5.41, 5.74) is 6.33. The molecule has 0 saturated heterocycles. The third-order valence-corrected chi connectivity index (χ3v) is 3.75. The lowest BCUT2D eigenvalue weighted by Gasteiger charge is -2.15. The van der Waals surface area contributed by atoms with Gasteiger partial charge in [0.15, 0.2) is 0 Å². The highest BCUT2D eigenvalue weighted by Gasteiger charge is 2.12. The van der Waals surface area contributed by atoms with E-state index in [1.54, 1.807) is 19.1 Å². The Kier molecular flexibility index (Phi) is 4.11. The SMILES string of the molecule is CC(O)C(C)Sc1cc(N)ccc1Cl. The van der Waals surface area contributed by atoms with Crippen molar-refractivity contribution in [3.8, 4) is 0 Å². The van der Waals surface area contributed by atoms with Crippen LogP contribution in [0.4, 0.5) is 5.69 Å². The number of nitrogen functional groups attached to an aromatic ring is 1. The molecule has 3 N–H and O–H groups in total. The molecule has 1 aromatic rings. The molecule has 0 heterocycles. The number of nitrogens with two attached hydrogens (primary N) is 1. The molecule has 0 amide bonds. The summed E-state index contributed by atoms with van der Waals surface area (Å²) in [5, 5.41) is 10.1. The standard InChI is InChI=1S/C10H14ClNOS/c1-6(13)7(2)14-10-5-8(12)3-4-9(10)11/h3-7,13H,12H2,1-2H3. The van der Waals surface area contributed by atoms with Crippen LogP contribution in [0.5, 0.6) is 0 Å². The van der Waals surface area contributed by atoms with Crippen LogP contribution in [0, 0.1) is 0 Å². The van der Waals surface area contributed by atoms with E-state index >= 15 is 0 Å². The van der Waals surface area contributed by atoms with Gasteiger partial charge in [0.05, 0.1) is 11.1 Å². The van der Waals surface area contributed by atoms with Crippen molar-refractivity contribution >= 4 is 29.1 Å². The molecule has 2 nitrogen and oxygen atoms in total. The van der Waals surface area contributed by atoms with E-state index < -0.39 is 0 Å².